The van der Waals surface area contributed by atoms with Crippen LogP contribution in [0.2, 0.25) is 10.0 Å². The second kappa shape index (κ2) is 15.9. The van der Waals surface area contributed by atoms with Crippen LogP contribution in [0.5, 0.6) is 0 Å². The maximum Gasteiger partial charge on any atom is 0.417 e. The third-order valence-corrected chi connectivity index (χ3v) is 14.4. The Morgan fingerprint density at radius 1 is 0.641 bits per heavy atom. The predicted molar refractivity (Wildman–Crippen MR) is 239 cm³/mol. The van der Waals surface area contributed by atoms with E-state index >= 15 is 0 Å². The zero-order valence-electron chi connectivity index (χ0n) is 33.8. The summed E-state index contributed by atoms with van der Waals surface area (Å²) in [5.41, 5.74) is 2.91. The fourth-order valence-corrected chi connectivity index (χ4v) is 11.4. The Hall–Kier alpha value is -5.49. The molecule has 2 saturated heterocycles. The molecule has 4 aromatic carbocycles. The van der Waals surface area contributed by atoms with Gasteiger partial charge in [-0.15, -0.1) is 22.7 Å². The van der Waals surface area contributed by atoms with Gasteiger partial charge < -0.3 is 19.8 Å². The molecule has 2 atom stereocenters. The van der Waals surface area contributed by atoms with Crippen molar-refractivity contribution in [3.63, 3.8) is 0 Å². The molecule has 0 spiro atoms. The second-order valence-electron chi connectivity index (χ2n) is 15.8. The van der Waals surface area contributed by atoms with Crippen LogP contribution in [0.25, 0.3) is 42.9 Å². The lowest BCUT2D eigenvalue weighted by Crippen LogP contribution is -2.24. The van der Waals surface area contributed by atoms with Crippen LogP contribution in [0, 0.1) is 13.8 Å². The first-order valence-electron chi connectivity index (χ1n) is 20.3. The molecule has 8 aromatic rings. The smallest absolute Gasteiger partial charge is 0.361 e. The van der Waals surface area contributed by atoms with Gasteiger partial charge in [-0.25, -0.2) is 19.9 Å². The second-order valence-corrected chi connectivity index (χ2v) is 19.0. The maximum absolute atomic E-state index is 15.0. The zero-order valence-corrected chi connectivity index (χ0v) is 36.9. The minimum atomic E-state index is -4.63. The Kier molecular flexibility index (Phi) is 10.5. The van der Waals surface area contributed by atoms with Crippen molar-refractivity contribution in [2.45, 2.75) is 64.0 Å². The summed E-state index contributed by atoms with van der Waals surface area (Å²) in [4.78, 5) is 45.9. The van der Waals surface area contributed by atoms with E-state index in [2.05, 4.69) is 19.8 Å². The van der Waals surface area contributed by atoms with Crippen LogP contribution in [0.15, 0.2) is 72.8 Å². The van der Waals surface area contributed by atoms with E-state index in [-0.39, 0.29) is 40.3 Å². The lowest BCUT2D eigenvalue weighted by molar-refractivity contribution is -0.138. The van der Waals surface area contributed by atoms with E-state index in [0.717, 1.165) is 47.5 Å². The van der Waals surface area contributed by atoms with Crippen molar-refractivity contribution >= 4 is 85.1 Å². The van der Waals surface area contributed by atoms with Crippen LogP contribution in [-0.2, 0) is 12.4 Å². The van der Waals surface area contributed by atoms with Crippen molar-refractivity contribution in [2.24, 2.45) is 0 Å². The number of nitrogens with zero attached hydrogens (tertiary/aromatic N) is 6. The molecule has 9 nitrogen and oxygen atoms in total. The highest BCUT2D eigenvalue weighted by Gasteiger charge is 2.38. The number of aromatic nitrogens is 6. The average Bonchev–Trinajstić information content (AvgIpc) is 4.11. The van der Waals surface area contributed by atoms with E-state index in [1.807, 2.05) is 62.4 Å². The Balaban J connectivity index is 0.993. The van der Waals surface area contributed by atoms with Gasteiger partial charge in [0, 0.05) is 35.6 Å². The summed E-state index contributed by atoms with van der Waals surface area (Å²) in [6, 6.07) is 19.2. The number of fused-ring (bicyclic) bond motifs is 2. The third kappa shape index (κ3) is 7.49. The lowest BCUT2D eigenvalue weighted by atomic mass is 10.0. The molecule has 0 radical (unpaired) electrons. The molecule has 19 heteroatoms. The van der Waals surface area contributed by atoms with Crippen molar-refractivity contribution in [3.05, 3.63) is 127 Å². The number of nitrogens with one attached hydrogen (secondary N) is 2. The van der Waals surface area contributed by atoms with Gasteiger partial charge in [0.15, 0.2) is 0 Å². The first-order valence-corrected chi connectivity index (χ1v) is 22.7. The number of imidazole rings is 2. The molecular formula is C45H34Cl2F6N8OS2. The predicted octanol–water partition coefficient (Wildman–Crippen LogP) is 13.6. The largest absolute Gasteiger partial charge is 0.417 e. The van der Waals surface area contributed by atoms with Gasteiger partial charge in [0.25, 0.3) is 0 Å². The number of alkyl halides is 6. The number of carbonyl (C=O) groups excluding carboxylic acids is 1. The monoisotopic (exact) mass is 950 g/mol. The van der Waals surface area contributed by atoms with Gasteiger partial charge >= 0.3 is 12.4 Å². The molecule has 10 rings (SSSR count). The van der Waals surface area contributed by atoms with Gasteiger partial charge in [0.1, 0.15) is 23.0 Å². The number of para-hydroxylation sites is 2. The number of H-pyrrole nitrogens is 2. The highest BCUT2D eigenvalue weighted by atomic mass is 35.5. The Bertz CT molecular complexity index is 2930. The summed E-state index contributed by atoms with van der Waals surface area (Å²) in [5.74, 6) is 0.663. The van der Waals surface area contributed by atoms with Crippen LogP contribution in [-0.4, -0.2) is 48.8 Å². The molecule has 2 aliphatic rings. The number of aromatic amines is 2. The molecule has 4 aromatic heterocycles. The van der Waals surface area contributed by atoms with Gasteiger partial charge in [0.2, 0.25) is 5.78 Å². The Morgan fingerprint density at radius 3 is 1.45 bits per heavy atom. The van der Waals surface area contributed by atoms with E-state index < -0.39 is 33.5 Å². The van der Waals surface area contributed by atoms with Crippen LogP contribution >= 0.6 is 45.9 Å². The molecule has 2 fully saturated rings. The number of hydrogen-bond acceptors (Lipinski definition) is 9. The standard InChI is InChI=1S/C45H34Cl2F6N8OS2/c1-21-54-37(40(63-21)23-9-3-5-11-33(23)60-15-7-13-35(60)42-56-29-17-25(44(48,49)50)27(46)19-31(29)58-42)39(62)38-41(64-22(2)55-38)24-10-4-6-12-34(24)61-16-8-14-36(61)43-57-30-18-26(45(51,52)53)28(47)20-32(30)59-43/h3-6,9-12,17-20,35-36H,7-8,13-16H2,1-2H3,(H,56,58)(H,57,59). The summed E-state index contributed by atoms with van der Waals surface area (Å²) in [6.07, 6.45) is -6.30. The van der Waals surface area contributed by atoms with E-state index in [0.29, 0.717) is 68.4 Å². The summed E-state index contributed by atoms with van der Waals surface area (Å²) in [7, 11) is 0. The molecule has 2 N–H and O–H groups in total. The highest BCUT2D eigenvalue weighted by molar-refractivity contribution is 7.16. The Morgan fingerprint density at radius 2 is 1.05 bits per heavy atom. The van der Waals surface area contributed by atoms with Crippen LogP contribution in [0.4, 0.5) is 37.7 Å². The SMILES string of the molecule is Cc1nc(C(=O)c2nc(C)sc2-c2ccccc2N2CCCC2c2nc3cc(Cl)c(C(F)(F)F)cc3[nH]2)c(-c2ccccc2N2CCCC2c2nc3cc(Cl)c(C(F)(F)F)cc3[nH]2)s1. The number of halogens is 8. The minimum Gasteiger partial charge on any atom is -0.361 e. The topological polar surface area (TPSA) is 107 Å². The van der Waals surface area contributed by atoms with E-state index in [1.165, 1.54) is 34.8 Å². The fourth-order valence-electron chi connectivity index (χ4n) is 9.00. The number of hydrogen-bond donors (Lipinski definition) is 2. The number of aryl methyl sites for hydroxylation is 2. The van der Waals surface area contributed by atoms with Crippen molar-refractivity contribution in [3.8, 4) is 20.9 Å². The summed E-state index contributed by atoms with van der Waals surface area (Å²) in [5, 5.41) is 0.496. The third-order valence-electron chi connectivity index (χ3n) is 11.7. The minimum absolute atomic E-state index is 0.233. The van der Waals surface area contributed by atoms with Gasteiger partial charge in [-0.2, -0.15) is 26.3 Å². The quantitative estimate of drug-likeness (QED) is 0.115. The van der Waals surface area contributed by atoms with Gasteiger partial charge in [0.05, 0.1) is 75.1 Å². The normalized spacial score (nSPS) is 17.2. The zero-order chi connectivity index (χ0) is 44.8. The first kappa shape index (κ1) is 42.5. The summed E-state index contributed by atoms with van der Waals surface area (Å²) >= 11 is 14.9. The van der Waals surface area contributed by atoms with Crippen molar-refractivity contribution in [1.82, 2.24) is 29.9 Å². The van der Waals surface area contributed by atoms with E-state index in [9.17, 15) is 31.1 Å². The molecule has 328 valence electrons. The lowest BCUT2D eigenvalue weighted by Gasteiger charge is -2.28. The summed E-state index contributed by atoms with van der Waals surface area (Å²) in [6.45, 7) is 4.95. The molecule has 0 aliphatic carbocycles. The molecular weight excluding hydrogens is 918 g/mol. The van der Waals surface area contributed by atoms with E-state index in [4.69, 9.17) is 43.1 Å². The summed E-state index contributed by atoms with van der Waals surface area (Å²) < 4.78 is 82.3. The molecule has 64 heavy (non-hydrogen) atoms. The molecule has 0 saturated carbocycles. The van der Waals surface area contributed by atoms with Crippen LogP contribution in [0.3, 0.4) is 0 Å². The maximum atomic E-state index is 15.0. The average molecular weight is 952 g/mol. The first-order chi connectivity index (χ1) is 30.5. The van der Waals surface area contributed by atoms with Crippen molar-refractivity contribution < 1.29 is 31.1 Å². The number of thiazole rings is 2. The number of anilines is 2. The van der Waals surface area contributed by atoms with Gasteiger partial charge in [-0.3, -0.25) is 4.79 Å². The Labute approximate surface area is 379 Å². The van der Waals surface area contributed by atoms with Crippen molar-refractivity contribution in [1.29, 1.82) is 0 Å². The number of rotatable bonds is 8. The molecule has 2 aliphatic heterocycles. The molecule has 2 unspecified atom stereocenters. The number of ketones is 1. The molecule has 0 amide bonds. The molecule has 0 bridgehead atoms. The van der Waals surface area contributed by atoms with Crippen molar-refractivity contribution in [2.75, 3.05) is 22.9 Å². The van der Waals surface area contributed by atoms with Crippen LogP contribution < -0.4 is 9.80 Å². The highest BCUT2D eigenvalue weighted by Crippen LogP contribution is 2.47. The number of carbonyl (C=O) groups is 1. The fraction of sp³-hybridized carbons (Fsp3) is 0.267. The van der Waals surface area contributed by atoms with E-state index in [1.54, 1.807) is 0 Å². The molecule has 6 heterocycles. The van der Waals surface area contributed by atoms with Gasteiger partial charge in [-0.05, 0) is 75.9 Å². The number of benzene rings is 4. The van der Waals surface area contributed by atoms with Gasteiger partial charge in [-0.1, -0.05) is 59.6 Å². The van der Waals surface area contributed by atoms with Crippen LogP contribution in [0.1, 0.15) is 86.7 Å².